The highest BCUT2D eigenvalue weighted by molar-refractivity contribution is 7.98. The minimum absolute atomic E-state index is 0.0687. The quantitative estimate of drug-likeness (QED) is 0.650. The summed E-state index contributed by atoms with van der Waals surface area (Å²) in [5.74, 6) is -1.05. The van der Waals surface area contributed by atoms with Crippen molar-refractivity contribution in [1.82, 2.24) is 9.97 Å². The number of carbonyl (C=O) groups is 1. The van der Waals surface area contributed by atoms with E-state index in [0.717, 1.165) is 0 Å². The van der Waals surface area contributed by atoms with Crippen molar-refractivity contribution in [3.8, 4) is 11.3 Å². The predicted octanol–water partition coefficient (Wildman–Crippen LogP) is 2.16. The number of furan rings is 1. The molecule has 5 nitrogen and oxygen atoms in total. The highest BCUT2D eigenvalue weighted by Gasteiger charge is 2.15. The number of carboxylic acid groups (broad SMARTS) is 1. The maximum absolute atomic E-state index is 11.0. The zero-order valence-electron chi connectivity index (χ0n) is 8.38. The molecule has 0 aromatic carbocycles. The van der Waals surface area contributed by atoms with Gasteiger partial charge in [0.2, 0.25) is 0 Å². The summed E-state index contributed by atoms with van der Waals surface area (Å²) in [5, 5.41) is 9.54. The van der Waals surface area contributed by atoms with Crippen LogP contribution in [0.1, 0.15) is 10.4 Å². The van der Waals surface area contributed by atoms with Crippen LogP contribution in [0.25, 0.3) is 11.3 Å². The third-order valence-electron chi connectivity index (χ3n) is 1.97. The Balaban J connectivity index is 2.59. The molecule has 1 N–H and O–H groups in total. The van der Waals surface area contributed by atoms with Crippen LogP contribution in [0.4, 0.5) is 0 Å². The number of hydrogen-bond acceptors (Lipinski definition) is 5. The molecule has 2 rings (SSSR count). The van der Waals surface area contributed by atoms with E-state index in [1.165, 1.54) is 30.5 Å². The van der Waals surface area contributed by atoms with Crippen LogP contribution in [-0.4, -0.2) is 27.3 Å². The van der Waals surface area contributed by atoms with Gasteiger partial charge in [0.15, 0.2) is 5.16 Å². The number of thioether (sulfide) groups is 1. The van der Waals surface area contributed by atoms with Crippen LogP contribution >= 0.6 is 11.8 Å². The SMILES string of the molecule is CSc1ncc(C(=O)O)c(-c2ccoc2)n1. The van der Waals surface area contributed by atoms with E-state index in [1.54, 1.807) is 6.07 Å². The smallest absolute Gasteiger partial charge is 0.339 e. The van der Waals surface area contributed by atoms with E-state index in [1.807, 2.05) is 6.26 Å². The van der Waals surface area contributed by atoms with Crippen molar-refractivity contribution >= 4 is 17.7 Å². The Morgan fingerprint density at radius 1 is 1.56 bits per heavy atom. The van der Waals surface area contributed by atoms with E-state index in [4.69, 9.17) is 9.52 Å². The molecule has 0 aliphatic rings. The molecule has 6 heteroatoms. The fourth-order valence-electron chi connectivity index (χ4n) is 1.24. The maximum Gasteiger partial charge on any atom is 0.339 e. The van der Waals surface area contributed by atoms with Crippen LogP contribution in [0, 0.1) is 0 Å². The summed E-state index contributed by atoms with van der Waals surface area (Å²) in [7, 11) is 0. The monoisotopic (exact) mass is 236 g/mol. The molecule has 0 fully saturated rings. The van der Waals surface area contributed by atoms with Crippen LogP contribution in [0.15, 0.2) is 34.4 Å². The van der Waals surface area contributed by atoms with Crippen LogP contribution in [0.2, 0.25) is 0 Å². The van der Waals surface area contributed by atoms with Gasteiger partial charge in [-0.05, 0) is 12.3 Å². The summed E-state index contributed by atoms with van der Waals surface area (Å²) in [6.45, 7) is 0. The first-order chi connectivity index (χ1) is 7.72. The lowest BCUT2D eigenvalue weighted by Gasteiger charge is -2.03. The first-order valence-corrected chi connectivity index (χ1v) is 5.61. The average molecular weight is 236 g/mol. The van der Waals surface area contributed by atoms with Gasteiger partial charge in [0.1, 0.15) is 5.56 Å². The molecule has 0 aliphatic heterocycles. The van der Waals surface area contributed by atoms with E-state index in [-0.39, 0.29) is 5.56 Å². The molecule has 82 valence electrons. The highest BCUT2D eigenvalue weighted by atomic mass is 32.2. The van der Waals surface area contributed by atoms with Crippen LogP contribution in [0.3, 0.4) is 0 Å². The van der Waals surface area contributed by atoms with Crippen molar-refractivity contribution < 1.29 is 14.3 Å². The second-order valence-electron chi connectivity index (χ2n) is 2.94. The number of rotatable bonds is 3. The van der Waals surface area contributed by atoms with Crippen LogP contribution in [-0.2, 0) is 0 Å². The molecule has 16 heavy (non-hydrogen) atoms. The van der Waals surface area contributed by atoms with Crippen LogP contribution < -0.4 is 0 Å². The van der Waals surface area contributed by atoms with E-state index in [0.29, 0.717) is 16.4 Å². The molecule has 0 saturated heterocycles. The van der Waals surface area contributed by atoms with Crippen molar-refractivity contribution in [2.75, 3.05) is 6.26 Å². The summed E-state index contributed by atoms with van der Waals surface area (Å²) < 4.78 is 4.92. The van der Waals surface area contributed by atoms with Gasteiger partial charge in [-0.1, -0.05) is 11.8 Å². The van der Waals surface area contributed by atoms with E-state index >= 15 is 0 Å². The van der Waals surface area contributed by atoms with Gasteiger partial charge in [-0.2, -0.15) is 0 Å². The van der Waals surface area contributed by atoms with Gasteiger partial charge in [-0.3, -0.25) is 0 Å². The summed E-state index contributed by atoms with van der Waals surface area (Å²) in [4.78, 5) is 19.1. The third kappa shape index (κ3) is 1.92. The lowest BCUT2D eigenvalue weighted by Crippen LogP contribution is -2.03. The predicted molar refractivity (Wildman–Crippen MR) is 58.5 cm³/mol. The molecule has 0 atom stereocenters. The molecular formula is C10H8N2O3S. The lowest BCUT2D eigenvalue weighted by atomic mass is 10.1. The molecule has 0 unspecified atom stereocenters. The Bertz CT molecular complexity index is 511. The Hall–Kier alpha value is -1.82. The Labute approximate surface area is 95.5 Å². The second-order valence-corrected chi connectivity index (χ2v) is 3.71. The average Bonchev–Trinajstić information content (AvgIpc) is 2.81. The maximum atomic E-state index is 11.0. The molecule has 0 bridgehead atoms. The number of aromatic nitrogens is 2. The van der Waals surface area contributed by atoms with E-state index in [9.17, 15) is 4.79 Å². The number of aromatic carboxylic acids is 1. The van der Waals surface area contributed by atoms with Crippen molar-refractivity contribution in [3.63, 3.8) is 0 Å². The van der Waals surface area contributed by atoms with Gasteiger partial charge in [0.25, 0.3) is 0 Å². The summed E-state index contributed by atoms with van der Waals surface area (Å²) in [6, 6.07) is 1.67. The Morgan fingerprint density at radius 3 is 2.94 bits per heavy atom. The van der Waals surface area contributed by atoms with Gasteiger partial charge >= 0.3 is 5.97 Å². The molecule has 2 aromatic heterocycles. The summed E-state index contributed by atoms with van der Waals surface area (Å²) in [5.41, 5.74) is 1.08. The summed E-state index contributed by atoms with van der Waals surface area (Å²) in [6.07, 6.45) is 6.07. The normalized spacial score (nSPS) is 10.3. The molecule has 2 heterocycles. The molecule has 0 saturated carbocycles. The van der Waals surface area contributed by atoms with Gasteiger partial charge in [-0.25, -0.2) is 14.8 Å². The van der Waals surface area contributed by atoms with Crippen molar-refractivity contribution in [3.05, 3.63) is 30.4 Å². The Kier molecular flexibility index (Phi) is 2.91. The van der Waals surface area contributed by atoms with Crippen molar-refractivity contribution in [1.29, 1.82) is 0 Å². The van der Waals surface area contributed by atoms with Crippen molar-refractivity contribution in [2.45, 2.75) is 5.16 Å². The molecule has 0 amide bonds. The first kappa shape index (κ1) is 10.7. The lowest BCUT2D eigenvalue weighted by molar-refractivity contribution is 0.0696. The Morgan fingerprint density at radius 2 is 2.38 bits per heavy atom. The van der Waals surface area contributed by atoms with E-state index in [2.05, 4.69) is 9.97 Å². The van der Waals surface area contributed by atoms with Gasteiger partial charge in [-0.15, -0.1) is 0 Å². The fraction of sp³-hybridized carbons (Fsp3) is 0.100. The van der Waals surface area contributed by atoms with Gasteiger partial charge in [0, 0.05) is 11.8 Å². The van der Waals surface area contributed by atoms with Crippen LogP contribution in [0.5, 0.6) is 0 Å². The number of nitrogens with zero attached hydrogens (tertiary/aromatic N) is 2. The zero-order valence-corrected chi connectivity index (χ0v) is 9.19. The largest absolute Gasteiger partial charge is 0.478 e. The highest BCUT2D eigenvalue weighted by Crippen LogP contribution is 2.23. The van der Waals surface area contributed by atoms with Gasteiger partial charge < -0.3 is 9.52 Å². The molecule has 2 aromatic rings. The minimum Gasteiger partial charge on any atom is -0.478 e. The number of carboxylic acids is 1. The number of hydrogen-bond donors (Lipinski definition) is 1. The minimum atomic E-state index is -1.05. The molecule has 0 aliphatic carbocycles. The summed E-state index contributed by atoms with van der Waals surface area (Å²) >= 11 is 1.35. The standard InChI is InChI=1S/C10H8N2O3S/c1-16-10-11-4-7(9(13)14)8(12-10)6-2-3-15-5-6/h2-5H,1H3,(H,13,14). The topological polar surface area (TPSA) is 76.2 Å². The zero-order chi connectivity index (χ0) is 11.5. The second kappa shape index (κ2) is 4.36. The van der Waals surface area contributed by atoms with Gasteiger partial charge in [0.05, 0.1) is 18.2 Å². The van der Waals surface area contributed by atoms with Crippen molar-refractivity contribution in [2.24, 2.45) is 0 Å². The first-order valence-electron chi connectivity index (χ1n) is 4.39. The molecular weight excluding hydrogens is 228 g/mol. The van der Waals surface area contributed by atoms with E-state index < -0.39 is 5.97 Å². The molecule has 0 spiro atoms. The third-order valence-corrected chi connectivity index (χ3v) is 2.54. The molecule has 0 radical (unpaired) electrons. The fourth-order valence-corrected chi connectivity index (χ4v) is 1.58.